The SMILES string of the molecule is COc1ccc(NC(=O)c2cn(CC(=O)O)nn2)c(C)c1. The molecular formula is C13H14N4O4. The Kier molecular flexibility index (Phi) is 4.17. The molecule has 8 nitrogen and oxygen atoms in total. The molecule has 0 aliphatic rings. The fourth-order valence-corrected chi connectivity index (χ4v) is 1.71. The highest BCUT2D eigenvalue weighted by atomic mass is 16.5. The Morgan fingerprint density at radius 3 is 2.81 bits per heavy atom. The van der Waals surface area contributed by atoms with E-state index in [0.29, 0.717) is 11.4 Å². The van der Waals surface area contributed by atoms with Crippen LogP contribution in [0.15, 0.2) is 24.4 Å². The van der Waals surface area contributed by atoms with Crippen LogP contribution in [-0.2, 0) is 11.3 Å². The number of ether oxygens (including phenoxy) is 1. The monoisotopic (exact) mass is 290 g/mol. The molecule has 0 bridgehead atoms. The number of hydrogen-bond acceptors (Lipinski definition) is 5. The Labute approximate surface area is 120 Å². The van der Waals surface area contributed by atoms with Crippen LogP contribution in [0.1, 0.15) is 16.1 Å². The molecule has 0 aliphatic heterocycles. The summed E-state index contributed by atoms with van der Waals surface area (Å²) in [6.07, 6.45) is 1.28. The second-order valence-electron chi connectivity index (χ2n) is 4.33. The van der Waals surface area contributed by atoms with Gasteiger partial charge in [-0.05, 0) is 30.7 Å². The summed E-state index contributed by atoms with van der Waals surface area (Å²) in [4.78, 5) is 22.6. The fraction of sp³-hybridized carbons (Fsp3) is 0.231. The molecule has 0 atom stereocenters. The first-order valence-electron chi connectivity index (χ1n) is 6.07. The Morgan fingerprint density at radius 2 is 2.19 bits per heavy atom. The number of carboxylic acids is 1. The summed E-state index contributed by atoms with van der Waals surface area (Å²) in [5.41, 5.74) is 1.50. The van der Waals surface area contributed by atoms with E-state index in [2.05, 4.69) is 15.6 Å². The number of aryl methyl sites for hydroxylation is 1. The van der Waals surface area contributed by atoms with E-state index in [1.165, 1.54) is 6.20 Å². The van der Waals surface area contributed by atoms with Gasteiger partial charge in [0.15, 0.2) is 5.69 Å². The molecule has 0 aliphatic carbocycles. The average molecular weight is 290 g/mol. The number of carbonyl (C=O) groups is 2. The number of carboxylic acid groups (broad SMARTS) is 1. The smallest absolute Gasteiger partial charge is 0.325 e. The summed E-state index contributed by atoms with van der Waals surface area (Å²) in [7, 11) is 1.56. The van der Waals surface area contributed by atoms with Gasteiger partial charge in [0.1, 0.15) is 12.3 Å². The van der Waals surface area contributed by atoms with Crippen LogP contribution in [0.4, 0.5) is 5.69 Å². The second kappa shape index (κ2) is 6.04. The van der Waals surface area contributed by atoms with Gasteiger partial charge in [0.2, 0.25) is 0 Å². The van der Waals surface area contributed by atoms with Gasteiger partial charge in [0.05, 0.1) is 13.3 Å². The van der Waals surface area contributed by atoms with Gasteiger partial charge in [0.25, 0.3) is 5.91 Å². The minimum Gasteiger partial charge on any atom is -0.497 e. The zero-order valence-electron chi connectivity index (χ0n) is 11.5. The quantitative estimate of drug-likeness (QED) is 0.848. The molecule has 2 rings (SSSR count). The van der Waals surface area contributed by atoms with Crippen molar-refractivity contribution >= 4 is 17.6 Å². The number of rotatable bonds is 5. The predicted octanol–water partition coefficient (Wildman–Crippen LogP) is 0.932. The number of hydrogen-bond donors (Lipinski definition) is 2. The molecule has 1 amide bonds. The van der Waals surface area contributed by atoms with E-state index < -0.39 is 11.9 Å². The predicted molar refractivity (Wildman–Crippen MR) is 73.3 cm³/mol. The fourth-order valence-electron chi connectivity index (χ4n) is 1.71. The first-order chi connectivity index (χ1) is 9.99. The molecule has 1 aromatic carbocycles. The molecular weight excluding hydrogens is 276 g/mol. The van der Waals surface area contributed by atoms with Crippen molar-refractivity contribution in [1.29, 1.82) is 0 Å². The van der Waals surface area contributed by atoms with Crippen molar-refractivity contribution in [3.8, 4) is 5.75 Å². The van der Waals surface area contributed by atoms with E-state index in [1.807, 2.05) is 6.92 Å². The minimum atomic E-state index is -1.06. The number of nitrogens with one attached hydrogen (secondary N) is 1. The molecule has 21 heavy (non-hydrogen) atoms. The number of aromatic nitrogens is 3. The van der Waals surface area contributed by atoms with Crippen molar-refractivity contribution < 1.29 is 19.4 Å². The maximum Gasteiger partial charge on any atom is 0.325 e. The molecule has 2 aromatic rings. The second-order valence-corrected chi connectivity index (χ2v) is 4.33. The Bertz CT molecular complexity index is 681. The zero-order valence-corrected chi connectivity index (χ0v) is 11.5. The van der Waals surface area contributed by atoms with E-state index in [1.54, 1.807) is 25.3 Å². The maximum atomic E-state index is 12.0. The van der Waals surface area contributed by atoms with Gasteiger partial charge in [-0.15, -0.1) is 5.10 Å². The van der Waals surface area contributed by atoms with Gasteiger partial charge in [-0.1, -0.05) is 5.21 Å². The summed E-state index contributed by atoms with van der Waals surface area (Å²) < 4.78 is 6.17. The molecule has 0 fully saturated rings. The van der Waals surface area contributed by atoms with Gasteiger partial charge < -0.3 is 15.2 Å². The Morgan fingerprint density at radius 1 is 1.43 bits per heavy atom. The van der Waals surface area contributed by atoms with Crippen LogP contribution in [0.2, 0.25) is 0 Å². The molecule has 0 saturated heterocycles. The lowest BCUT2D eigenvalue weighted by atomic mass is 10.2. The van der Waals surface area contributed by atoms with Gasteiger partial charge in [-0.3, -0.25) is 9.59 Å². The number of methoxy groups -OCH3 is 1. The standard InChI is InChI=1S/C13H14N4O4/c1-8-5-9(21-2)3-4-10(8)14-13(20)11-6-17(16-15-11)7-12(18)19/h3-6H,7H2,1-2H3,(H,14,20)(H,18,19). The van der Waals surface area contributed by atoms with Gasteiger partial charge in [-0.25, -0.2) is 4.68 Å². The molecule has 0 unspecified atom stereocenters. The van der Waals surface area contributed by atoms with Crippen LogP contribution in [0, 0.1) is 6.92 Å². The van der Waals surface area contributed by atoms with Gasteiger partial charge in [-0.2, -0.15) is 0 Å². The third-order valence-corrected chi connectivity index (χ3v) is 2.75. The van der Waals surface area contributed by atoms with Crippen LogP contribution < -0.4 is 10.1 Å². The van der Waals surface area contributed by atoms with Crippen molar-refractivity contribution in [3.05, 3.63) is 35.7 Å². The maximum absolute atomic E-state index is 12.0. The molecule has 8 heteroatoms. The lowest BCUT2D eigenvalue weighted by Gasteiger charge is -2.08. The van der Waals surface area contributed by atoms with Crippen LogP contribution in [0.5, 0.6) is 5.75 Å². The van der Waals surface area contributed by atoms with E-state index in [9.17, 15) is 9.59 Å². The van der Waals surface area contributed by atoms with Crippen LogP contribution in [0.25, 0.3) is 0 Å². The Balaban J connectivity index is 2.10. The number of nitrogens with zero attached hydrogens (tertiary/aromatic N) is 3. The highest BCUT2D eigenvalue weighted by molar-refractivity contribution is 6.03. The minimum absolute atomic E-state index is 0.0477. The average Bonchev–Trinajstić information content (AvgIpc) is 2.88. The molecule has 0 radical (unpaired) electrons. The van der Waals surface area contributed by atoms with Crippen LogP contribution >= 0.6 is 0 Å². The van der Waals surface area contributed by atoms with Crippen LogP contribution in [0.3, 0.4) is 0 Å². The first-order valence-corrected chi connectivity index (χ1v) is 6.07. The third kappa shape index (κ3) is 3.56. The van der Waals surface area contributed by atoms with Crippen molar-refractivity contribution in [2.24, 2.45) is 0 Å². The molecule has 0 spiro atoms. The number of carbonyl (C=O) groups excluding carboxylic acids is 1. The lowest BCUT2D eigenvalue weighted by Crippen LogP contribution is -2.13. The largest absolute Gasteiger partial charge is 0.497 e. The van der Waals surface area contributed by atoms with Crippen molar-refractivity contribution in [1.82, 2.24) is 15.0 Å². The van der Waals surface area contributed by atoms with Gasteiger partial charge in [0, 0.05) is 5.69 Å². The number of benzene rings is 1. The molecule has 1 heterocycles. The van der Waals surface area contributed by atoms with E-state index in [4.69, 9.17) is 9.84 Å². The van der Waals surface area contributed by atoms with E-state index in [0.717, 1.165) is 10.2 Å². The highest BCUT2D eigenvalue weighted by Crippen LogP contribution is 2.21. The summed E-state index contributed by atoms with van der Waals surface area (Å²) in [5, 5.41) is 18.5. The van der Waals surface area contributed by atoms with Gasteiger partial charge >= 0.3 is 5.97 Å². The van der Waals surface area contributed by atoms with E-state index >= 15 is 0 Å². The van der Waals surface area contributed by atoms with E-state index in [-0.39, 0.29) is 12.2 Å². The molecule has 0 saturated carbocycles. The topological polar surface area (TPSA) is 106 Å². The summed E-state index contributed by atoms with van der Waals surface area (Å²) in [6.45, 7) is 1.49. The van der Waals surface area contributed by atoms with Crippen LogP contribution in [-0.4, -0.2) is 39.1 Å². The van der Waals surface area contributed by atoms with Crippen molar-refractivity contribution in [2.75, 3.05) is 12.4 Å². The normalized spacial score (nSPS) is 10.2. The Hall–Kier alpha value is -2.90. The number of aliphatic carboxylic acids is 1. The van der Waals surface area contributed by atoms with Crippen molar-refractivity contribution in [2.45, 2.75) is 13.5 Å². The first kappa shape index (κ1) is 14.5. The summed E-state index contributed by atoms with van der Waals surface area (Å²) >= 11 is 0. The summed E-state index contributed by atoms with van der Waals surface area (Å²) in [6, 6.07) is 5.23. The third-order valence-electron chi connectivity index (χ3n) is 2.75. The molecule has 1 aromatic heterocycles. The lowest BCUT2D eigenvalue weighted by molar-refractivity contribution is -0.137. The van der Waals surface area contributed by atoms with Crippen molar-refractivity contribution in [3.63, 3.8) is 0 Å². The highest BCUT2D eigenvalue weighted by Gasteiger charge is 2.13. The number of anilines is 1. The summed E-state index contributed by atoms with van der Waals surface area (Å²) in [5.74, 6) is -0.823. The zero-order chi connectivity index (χ0) is 15.4. The molecule has 2 N–H and O–H groups in total. The number of amides is 1. The molecule has 110 valence electrons.